The van der Waals surface area contributed by atoms with Gasteiger partial charge in [0.15, 0.2) is 5.41 Å². The molecule has 1 aliphatic rings. The van der Waals surface area contributed by atoms with Gasteiger partial charge in [-0.05, 0) is 24.7 Å². The third-order valence-corrected chi connectivity index (χ3v) is 4.62. The predicted molar refractivity (Wildman–Crippen MR) is 66.9 cm³/mol. The number of carbonyl (C=O) groups is 2. The Balaban J connectivity index is 2.86. The van der Waals surface area contributed by atoms with Gasteiger partial charge in [0.05, 0.1) is 14.2 Å². The summed E-state index contributed by atoms with van der Waals surface area (Å²) in [6.45, 7) is 1.73. The van der Waals surface area contributed by atoms with Crippen LogP contribution in [0.1, 0.15) is 19.8 Å². The molecule has 0 N–H and O–H groups in total. The fourth-order valence-electron chi connectivity index (χ4n) is 2.68. The first-order valence-corrected chi connectivity index (χ1v) is 7.02. The highest BCUT2D eigenvalue weighted by Crippen LogP contribution is 2.49. The zero-order chi connectivity index (χ0) is 15.6. The summed E-state index contributed by atoms with van der Waals surface area (Å²) in [6.07, 6.45) is 0.173. The highest BCUT2D eigenvalue weighted by molar-refractivity contribution is 8.00. The first-order chi connectivity index (χ1) is 9.16. The van der Waals surface area contributed by atoms with Gasteiger partial charge >= 0.3 is 17.4 Å². The minimum atomic E-state index is -4.32. The van der Waals surface area contributed by atoms with Crippen molar-refractivity contribution in [3.63, 3.8) is 0 Å². The Morgan fingerprint density at radius 1 is 1.20 bits per heavy atom. The number of alkyl halides is 3. The molecule has 0 spiro atoms. The van der Waals surface area contributed by atoms with Crippen LogP contribution in [0.2, 0.25) is 0 Å². The van der Waals surface area contributed by atoms with Gasteiger partial charge in [-0.25, -0.2) is 0 Å². The summed E-state index contributed by atoms with van der Waals surface area (Å²) in [5, 5.41) is 0. The molecule has 0 aromatic rings. The van der Waals surface area contributed by atoms with Gasteiger partial charge in [0.1, 0.15) is 0 Å². The summed E-state index contributed by atoms with van der Waals surface area (Å²) in [4.78, 5) is 23.8. The number of methoxy groups -OCH3 is 2. The van der Waals surface area contributed by atoms with Crippen molar-refractivity contribution >= 4 is 23.7 Å². The van der Waals surface area contributed by atoms with Crippen molar-refractivity contribution in [2.45, 2.75) is 25.3 Å². The molecule has 0 radical (unpaired) electrons. The number of carbonyl (C=O) groups excluding carboxylic acids is 2. The lowest BCUT2D eigenvalue weighted by atomic mass is 9.85. The van der Waals surface area contributed by atoms with E-state index in [4.69, 9.17) is 0 Å². The van der Waals surface area contributed by atoms with E-state index in [-0.39, 0.29) is 42.2 Å². The second kappa shape index (κ2) is 6.24. The molecule has 1 fully saturated rings. The summed E-state index contributed by atoms with van der Waals surface area (Å²) in [5.41, 5.74) is -5.79. The van der Waals surface area contributed by atoms with Crippen molar-refractivity contribution in [3.8, 4) is 0 Å². The van der Waals surface area contributed by atoms with Gasteiger partial charge < -0.3 is 9.47 Å². The molecule has 20 heavy (non-hydrogen) atoms. The van der Waals surface area contributed by atoms with Crippen molar-refractivity contribution < 1.29 is 32.2 Å². The molecule has 0 unspecified atom stereocenters. The lowest BCUT2D eigenvalue weighted by Gasteiger charge is -2.23. The van der Waals surface area contributed by atoms with Crippen molar-refractivity contribution in [3.05, 3.63) is 0 Å². The highest BCUT2D eigenvalue weighted by atomic mass is 32.2. The van der Waals surface area contributed by atoms with Gasteiger partial charge in [-0.15, -0.1) is 0 Å². The molecule has 8 heteroatoms. The van der Waals surface area contributed by atoms with Crippen LogP contribution in [0, 0.1) is 17.3 Å². The maximum absolute atomic E-state index is 12.3. The second-order valence-corrected chi connectivity index (χ2v) is 6.05. The van der Waals surface area contributed by atoms with Crippen molar-refractivity contribution in [1.29, 1.82) is 0 Å². The fourth-order valence-corrected chi connectivity index (χ4v) is 3.53. The Morgan fingerprint density at radius 3 is 2.10 bits per heavy atom. The number of thioether (sulfide) groups is 1. The quantitative estimate of drug-likeness (QED) is 0.590. The van der Waals surface area contributed by atoms with Gasteiger partial charge in [-0.3, -0.25) is 9.59 Å². The Hall–Kier alpha value is -0.920. The van der Waals surface area contributed by atoms with E-state index in [1.165, 1.54) is 0 Å². The molecular weight excluding hydrogens is 297 g/mol. The van der Waals surface area contributed by atoms with Crippen LogP contribution in [-0.4, -0.2) is 37.4 Å². The second-order valence-electron chi connectivity index (χ2n) is 4.97. The lowest BCUT2D eigenvalue weighted by Crippen LogP contribution is -2.39. The molecular formula is C12H17F3O4S. The molecule has 4 nitrogen and oxygen atoms in total. The van der Waals surface area contributed by atoms with Crippen LogP contribution < -0.4 is 0 Å². The smallest absolute Gasteiger partial charge is 0.441 e. The Bertz CT molecular complexity index is 367. The average molecular weight is 314 g/mol. The van der Waals surface area contributed by atoms with Crippen molar-refractivity contribution in [2.24, 2.45) is 17.3 Å². The Morgan fingerprint density at radius 2 is 1.70 bits per heavy atom. The topological polar surface area (TPSA) is 52.6 Å². The fraction of sp³-hybridized carbons (Fsp3) is 0.833. The maximum atomic E-state index is 12.3. The molecule has 0 heterocycles. The first kappa shape index (κ1) is 17.1. The molecule has 0 aromatic carbocycles. The monoisotopic (exact) mass is 314 g/mol. The highest BCUT2D eigenvalue weighted by Gasteiger charge is 2.56. The minimum Gasteiger partial charge on any atom is -0.468 e. The third kappa shape index (κ3) is 3.59. The van der Waals surface area contributed by atoms with Gasteiger partial charge in [-0.1, -0.05) is 18.7 Å². The van der Waals surface area contributed by atoms with Gasteiger partial charge in [0, 0.05) is 5.75 Å². The van der Waals surface area contributed by atoms with Crippen LogP contribution >= 0.6 is 11.8 Å². The van der Waals surface area contributed by atoms with Gasteiger partial charge in [-0.2, -0.15) is 13.2 Å². The van der Waals surface area contributed by atoms with E-state index in [1.807, 2.05) is 0 Å². The number of hydrogen-bond acceptors (Lipinski definition) is 5. The molecule has 0 saturated heterocycles. The number of rotatable bonds is 4. The molecule has 1 aliphatic carbocycles. The first-order valence-electron chi connectivity index (χ1n) is 6.04. The maximum Gasteiger partial charge on any atom is 0.441 e. The number of hydrogen-bond donors (Lipinski definition) is 0. The SMILES string of the molecule is COC(=O)C1(C(=O)OC)C[C@H](CSC(F)(F)F)[C@H](C)C1. The predicted octanol–water partition coefficient (Wildman–Crippen LogP) is 2.62. The Labute approximate surface area is 119 Å². The van der Waals surface area contributed by atoms with Crippen LogP contribution in [0.3, 0.4) is 0 Å². The summed E-state index contributed by atoms with van der Waals surface area (Å²) in [5.74, 6) is -2.24. The largest absolute Gasteiger partial charge is 0.468 e. The number of esters is 2. The van der Waals surface area contributed by atoms with E-state index in [2.05, 4.69) is 9.47 Å². The van der Waals surface area contributed by atoms with E-state index in [0.29, 0.717) is 0 Å². The van der Waals surface area contributed by atoms with E-state index in [0.717, 1.165) is 14.2 Å². The molecule has 1 saturated carbocycles. The van der Waals surface area contributed by atoms with Crippen LogP contribution in [0.25, 0.3) is 0 Å². The lowest BCUT2D eigenvalue weighted by molar-refractivity contribution is -0.169. The molecule has 0 aliphatic heterocycles. The summed E-state index contributed by atoms with van der Waals surface area (Å²) >= 11 is -0.130. The van der Waals surface area contributed by atoms with Crippen molar-refractivity contribution in [1.82, 2.24) is 0 Å². The zero-order valence-corrected chi connectivity index (χ0v) is 12.3. The van der Waals surface area contributed by atoms with Crippen LogP contribution in [0.4, 0.5) is 13.2 Å². The van der Waals surface area contributed by atoms with Crippen LogP contribution in [0.5, 0.6) is 0 Å². The summed E-state index contributed by atoms with van der Waals surface area (Å²) in [7, 11) is 2.30. The molecule has 0 bridgehead atoms. The van der Waals surface area contributed by atoms with Crippen LogP contribution in [-0.2, 0) is 19.1 Å². The third-order valence-electron chi connectivity index (χ3n) is 3.70. The van der Waals surface area contributed by atoms with Gasteiger partial charge in [0.25, 0.3) is 0 Å². The standard InChI is InChI=1S/C12H17F3O4S/c1-7-4-11(9(16)18-2,10(17)19-3)5-8(7)6-20-12(13,14)15/h7-8H,4-6H2,1-3H3/t7-,8-/m1/s1. The van der Waals surface area contributed by atoms with Crippen molar-refractivity contribution in [2.75, 3.05) is 20.0 Å². The van der Waals surface area contributed by atoms with E-state index in [9.17, 15) is 22.8 Å². The number of ether oxygens (including phenoxy) is 2. The minimum absolute atomic E-state index is 0.0244. The molecule has 116 valence electrons. The Kier molecular flexibility index (Phi) is 5.34. The summed E-state index contributed by atoms with van der Waals surface area (Å²) < 4.78 is 46.0. The number of halogens is 3. The molecule has 1 rings (SSSR count). The van der Waals surface area contributed by atoms with E-state index in [1.54, 1.807) is 6.92 Å². The van der Waals surface area contributed by atoms with E-state index >= 15 is 0 Å². The average Bonchev–Trinajstić information content (AvgIpc) is 2.72. The molecule has 0 amide bonds. The van der Waals surface area contributed by atoms with Gasteiger partial charge in [0.2, 0.25) is 0 Å². The van der Waals surface area contributed by atoms with E-state index < -0.39 is 22.9 Å². The van der Waals surface area contributed by atoms with Crippen LogP contribution in [0.15, 0.2) is 0 Å². The normalized spacial score (nSPS) is 25.3. The molecule has 2 atom stereocenters. The molecule has 0 aromatic heterocycles. The zero-order valence-electron chi connectivity index (χ0n) is 11.5. The summed E-state index contributed by atoms with van der Waals surface area (Å²) in [6, 6.07) is 0.